The van der Waals surface area contributed by atoms with Crippen LogP contribution in [0.3, 0.4) is 0 Å². The molecule has 0 saturated carbocycles. The summed E-state index contributed by atoms with van der Waals surface area (Å²) >= 11 is 0. The molecule has 9 heteroatoms. The number of nitroso groups, excluding NO2 is 1. The first kappa shape index (κ1) is 12.0. The van der Waals surface area contributed by atoms with Gasteiger partial charge in [0.2, 0.25) is 0 Å². The summed E-state index contributed by atoms with van der Waals surface area (Å²) in [4.78, 5) is 9.54. The Hall–Kier alpha value is -1.02. The Morgan fingerprint density at radius 2 is 1.23 bits per heavy atom. The largest absolute Gasteiger partial charge is 0.407 e. The lowest BCUT2D eigenvalue weighted by atomic mass is 10.5. The van der Waals surface area contributed by atoms with Crippen molar-refractivity contribution in [2.75, 3.05) is 13.1 Å². The fourth-order valence-electron chi connectivity index (χ4n) is 0.528. The Kier molecular flexibility index (Phi) is 3.50. The molecule has 0 radical (unpaired) electrons. The van der Waals surface area contributed by atoms with E-state index < -0.39 is 30.5 Å². The van der Waals surface area contributed by atoms with Gasteiger partial charge in [-0.05, 0) is 0 Å². The Morgan fingerprint density at radius 1 is 0.923 bits per heavy atom. The summed E-state index contributed by atoms with van der Waals surface area (Å²) in [5.41, 5.74) is 0. The lowest BCUT2D eigenvalue weighted by molar-refractivity contribution is -0.180. The monoisotopic (exact) mass is 210 g/mol. The highest BCUT2D eigenvalue weighted by Crippen LogP contribution is 2.21. The maximum absolute atomic E-state index is 11.5. The molecular weight excluding hydrogens is 206 g/mol. The highest BCUT2D eigenvalue weighted by molar-refractivity contribution is 4.63. The number of alkyl halides is 6. The minimum Gasteiger partial charge on any atom is -0.243 e. The molecule has 0 aliphatic rings. The lowest BCUT2D eigenvalue weighted by Gasteiger charge is -2.18. The Balaban J connectivity index is 4.13. The molecule has 0 aromatic carbocycles. The molecule has 0 aromatic rings. The van der Waals surface area contributed by atoms with E-state index in [9.17, 15) is 31.2 Å². The first-order valence-corrected chi connectivity index (χ1v) is 2.86. The van der Waals surface area contributed by atoms with Gasteiger partial charge in [-0.1, -0.05) is 0 Å². The third kappa shape index (κ3) is 7.34. The van der Waals surface area contributed by atoms with Crippen LogP contribution in [0.5, 0.6) is 0 Å². The van der Waals surface area contributed by atoms with Crippen LogP contribution in [0.2, 0.25) is 0 Å². The summed E-state index contributed by atoms with van der Waals surface area (Å²) in [5.74, 6) is 0. The van der Waals surface area contributed by atoms with E-state index in [1.807, 2.05) is 0 Å². The Labute approximate surface area is 68.3 Å². The van der Waals surface area contributed by atoms with Crippen LogP contribution in [0.25, 0.3) is 0 Å². The molecule has 0 aromatic heterocycles. The van der Waals surface area contributed by atoms with Crippen LogP contribution in [-0.2, 0) is 0 Å². The maximum atomic E-state index is 11.5. The second kappa shape index (κ2) is 3.79. The minimum atomic E-state index is -4.88. The summed E-state index contributed by atoms with van der Waals surface area (Å²) in [5, 5.41) is 0.963. The van der Waals surface area contributed by atoms with Crippen LogP contribution in [0.15, 0.2) is 5.29 Å². The van der Waals surface area contributed by atoms with Crippen LogP contribution in [0, 0.1) is 4.91 Å². The fourth-order valence-corrected chi connectivity index (χ4v) is 0.528. The smallest absolute Gasteiger partial charge is 0.243 e. The SMILES string of the molecule is O=NN(CC(F)(F)F)CC(F)(F)F. The molecule has 3 nitrogen and oxygen atoms in total. The van der Waals surface area contributed by atoms with Crippen molar-refractivity contribution in [3.05, 3.63) is 4.91 Å². The molecule has 13 heavy (non-hydrogen) atoms. The summed E-state index contributed by atoms with van der Waals surface area (Å²) in [7, 11) is 0. The molecule has 0 fully saturated rings. The van der Waals surface area contributed by atoms with E-state index >= 15 is 0 Å². The lowest BCUT2D eigenvalue weighted by Crippen LogP contribution is -2.36. The first-order valence-electron chi connectivity index (χ1n) is 2.86. The molecule has 0 aliphatic heterocycles. The van der Waals surface area contributed by atoms with E-state index in [0.717, 1.165) is 0 Å². The number of hydrogen-bond donors (Lipinski definition) is 0. The van der Waals surface area contributed by atoms with Crippen molar-refractivity contribution in [2.24, 2.45) is 5.29 Å². The average Bonchev–Trinajstić information content (AvgIpc) is 1.79. The van der Waals surface area contributed by atoms with Gasteiger partial charge in [0.1, 0.15) is 13.1 Å². The van der Waals surface area contributed by atoms with Crippen molar-refractivity contribution < 1.29 is 26.3 Å². The predicted molar refractivity (Wildman–Crippen MR) is 29.5 cm³/mol. The summed E-state index contributed by atoms with van der Waals surface area (Å²) in [6, 6.07) is 0. The topological polar surface area (TPSA) is 32.7 Å². The normalized spacial score (nSPS) is 12.8. The van der Waals surface area contributed by atoms with Gasteiger partial charge in [-0.2, -0.15) is 26.3 Å². The molecule has 0 saturated heterocycles. The third-order valence-electron chi connectivity index (χ3n) is 0.839. The van der Waals surface area contributed by atoms with Crippen molar-refractivity contribution >= 4 is 0 Å². The van der Waals surface area contributed by atoms with E-state index in [4.69, 9.17) is 0 Å². The van der Waals surface area contributed by atoms with Gasteiger partial charge < -0.3 is 0 Å². The van der Waals surface area contributed by atoms with Crippen molar-refractivity contribution in [1.82, 2.24) is 5.01 Å². The maximum Gasteiger partial charge on any atom is 0.407 e. The fraction of sp³-hybridized carbons (Fsp3) is 1.00. The quantitative estimate of drug-likeness (QED) is 0.406. The highest BCUT2D eigenvalue weighted by Gasteiger charge is 2.37. The standard InChI is InChI=1S/C4H4F6N2O/c5-3(6,7)1-12(11-13)2-4(8,9)10/h1-2H2. The number of hydrogen-bond acceptors (Lipinski definition) is 2. The molecule has 0 atom stereocenters. The zero-order valence-electron chi connectivity index (χ0n) is 5.98. The third-order valence-corrected chi connectivity index (χ3v) is 0.839. The van der Waals surface area contributed by atoms with Gasteiger partial charge in [-0.15, -0.1) is 4.91 Å². The molecule has 78 valence electrons. The zero-order valence-corrected chi connectivity index (χ0v) is 5.98. The molecule has 0 heterocycles. The molecule has 0 aliphatic carbocycles. The average molecular weight is 210 g/mol. The highest BCUT2D eigenvalue weighted by atomic mass is 19.4. The molecule has 0 rings (SSSR count). The van der Waals surface area contributed by atoms with Crippen LogP contribution in [0.1, 0.15) is 0 Å². The van der Waals surface area contributed by atoms with Crippen LogP contribution < -0.4 is 0 Å². The summed E-state index contributed by atoms with van der Waals surface area (Å²) in [6.07, 6.45) is -9.75. The zero-order chi connectivity index (χ0) is 10.7. The van der Waals surface area contributed by atoms with Gasteiger partial charge in [0, 0.05) is 0 Å². The van der Waals surface area contributed by atoms with Crippen molar-refractivity contribution in [2.45, 2.75) is 12.4 Å². The van der Waals surface area contributed by atoms with E-state index in [-0.39, 0.29) is 0 Å². The predicted octanol–water partition coefficient (Wildman–Crippen LogP) is 2.09. The number of halogens is 6. The minimum absolute atomic E-state index is 0.639. The molecular formula is C4H4F6N2O. The van der Waals surface area contributed by atoms with Crippen LogP contribution in [-0.4, -0.2) is 30.5 Å². The van der Waals surface area contributed by atoms with Crippen LogP contribution in [0.4, 0.5) is 26.3 Å². The van der Waals surface area contributed by atoms with Gasteiger partial charge in [0.25, 0.3) is 0 Å². The molecule has 0 spiro atoms. The van der Waals surface area contributed by atoms with Gasteiger partial charge >= 0.3 is 12.4 Å². The van der Waals surface area contributed by atoms with Gasteiger partial charge in [0.05, 0.1) is 5.29 Å². The second-order valence-corrected chi connectivity index (χ2v) is 2.13. The van der Waals surface area contributed by atoms with Gasteiger partial charge in [-0.3, -0.25) is 0 Å². The van der Waals surface area contributed by atoms with Gasteiger partial charge in [-0.25, -0.2) is 5.01 Å². The van der Waals surface area contributed by atoms with Crippen molar-refractivity contribution in [3.8, 4) is 0 Å². The molecule has 0 N–H and O–H groups in total. The van der Waals surface area contributed by atoms with E-state index in [1.54, 1.807) is 5.29 Å². The Morgan fingerprint density at radius 3 is 1.38 bits per heavy atom. The van der Waals surface area contributed by atoms with Crippen LogP contribution >= 0.6 is 0 Å². The molecule has 0 amide bonds. The molecule has 0 unspecified atom stereocenters. The van der Waals surface area contributed by atoms with E-state index in [1.165, 1.54) is 0 Å². The summed E-state index contributed by atoms with van der Waals surface area (Å²) in [6.45, 7) is -4.01. The van der Waals surface area contributed by atoms with E-state index in [2.05, 4.69) is 0 Å². The van der Waals surface area contributed by atoms with Gasteiger partial charge in [0.15, 0.2) is 0 Å². The summed E-state index contributed by atoms with van der Waals surface area (Å²) < 4.78 is 68.8. The van der Waals surface area contributed by atoms with E-state index in [0.29, 0.717) is 0 Å². The first-order chi connectivity index (χ1) is 5.64. The number of rotatable bonds is 3. The number of nitrogens with zero attached hydrogens (tertiary/aromatic N) is 2. The van der Waals surface area contributed by atoms with Crippen molar-refractivity contribution in [3.63, 3.8) is 0 Å². The second-order valence-electron chi connectivity index (χ2n) is 2.13. The Bertz CT molecular complexity index is 158. The van der Waals surface area contributed by atoms with Crippen molar-refractivity contribution in [1.29, 1.82) is 0 Å². The molecule has 0 bridgehead atoms.